The van der Waals surface area contributed by atoms with Crippen LogP contribution in [0, 0.1) is 0 Å². The molecule has 1 atom stereocenters. The number of anilines is 1. The maximum absolute atomic E-state index is 6.03. The van der Waals surface area contributed by atoms with Crippen LogP contribution >= 0.6 is 11.6 Å². The molecule has 6 heteroatoms. The van der Waals surface area contributed by atoms with Gasteiger partial charge < -0.3 is 5.32 Å². The Morgan fingerprint density at radius 2 is 1.85 bits per heavy atom. The van der Waals surface area contributed by atoms with Crippen molar-refractivity contribution in [3.8, 4) is 11.3 Å². The van der Waals surface area contributed by atoms with Gasteiger partial charge in [-0.1, -0.05) is 23.7 Å². The van der Waals surface area contributed by atoms with Gasteiger partial charge in [-0.3, -0.25) is 9.88 Å². The van der Waals surface area contributed by atoms with E-state index in [2.05, 4.69) is 25.4 Å². The van der Waals surface area contributed by atoms with Crippen molar-refractivity contribution in [2.24, 2.45) is 0 Å². The molecule has 1 aromatic carbocycles. The van der Waals surface area contributed by atoms with E-state index in [1.807, 2.05) is 42.7 Å². The summed E-state index contributed by atoms with van der Waals surface area (Å²) in [6, 6.07) is 11.0. The van der Waals surface area contributed by atoms with Crippen LogP contribution in [0.1, 0.15) is 25.7 Å². The van der Waals surface area contributed by atoms with E-state index in [1.165, 1.54) is 32.2 Å². The highest BCUT2D eigenvalue weighted by Crippen LogP contribution is 2.32. The number of fused-ring (bicyclic) bond motifs is 1. The molecule has 3 heterocycles. The first kappa shape index (κ1) is 16.9. The van der Waals surface area contributed by atoms with Crippen LogP contribution in [-0.2, 0) is 0 Å². The molecule has 0 amide bonds. The third-order valence-electron chi connectivity index (χ3n) is 5.56. The summed E-state index contributed by atoms with van der Waals surface area (Å²) in [5.74, 6) is 0.832. The van der Waals surface area contributed by atoms with Gasteiger partial charge in [-0.05, 0) is 50.4 Å². The highest BCUT2D eigenvalue weighted by Gasteiger charge is 2.32. The van der Waals surface area contributed by atoms with Gasteiger partial charge in [0, 0.05) is 52.4 Å². The fourth-order valence-electron chi connectivity index (χ4n) is 4.01. The molecule has 2 aliphatic rings. The molecule has 1 aliphatic carbocycles. The number of halogens is 1. The molecule has 1 aliphatic heterocycles. The van der Waals surface area contributed by atoms with Crippen LogP contribution in [0.3, 0.4) is 0 Å². The monoisotopic (exact) mass is 379 g/mol. The fourth-order valence-corrected chi connectivity index (χ4v) is 4.14. The Balaban J connectivity index is 1.47. The average molecular weight is 380 g/mol. The second-order valence-electron chi connectivity index (χ2n) is 7.53. The minimum atomic E-state index is 0.415. The second kappa shape index (κ2) is 7.06. The molecule has 138 valence electrons. The predicted molar refractivity (Wildman–Crippen MR) is 109 cm³/mol. The summed E-state index contributed by atoms with van der Waals surface area (Å²) >= 11 is 6.03. The number of likely N-dealkylation sites (tertiary alicyclic amines) is 1. The highest BCUT2D eigenvalue weighted by molar-refractivity contribution is 6.30. The molecule has 0 radical (unpaired) electrons. The molecule has 2 fully saturated rings. The molecular weight excluding hydrogens is 358 g/mol. The quantitative estimate of drug-likeness (QED) is 0.728. The zero-order valence-corrected chi connectivity index (χ0v) is 15.9. The van der Waals surface area contributed by atoms with Crippen LogP contribution in [0.5, 0.6) is 0 Å². The molecular formula is C21H22ClN5. The molecule has 5 rings (SSSR count). The first-order chi connectivity index (χ1) is 13.3. The molecule has 0 bridgehead atoms. The Bertz CT molecular complexity index is 954. The maximum atomic E-state index is 6.03. The van der Waals surface area contributed by atoms with Gasteiger partial charge in [0.2, 0.25) is 0 Å². The normalized spacial score (nSPS) is 20.7. The highest BCUT2D eigenvalue weighted by atomic mass is 35.5. The van der Waals surface area contributed by atoms with E-state index in [9.17, 15) is 0 Å². The zero-order valence-electron chi connectivity index (χ0n) is 15.1. The van der Waals surface area contributed by atoms with E-state index in [0.717, 1.165) is 40.4 Å². The standard InChI is InChI=1S/C21H22ClN5/c22-15-5-3-14(4-6-15)20-18-9-10-23-12-19(18)21(26-25-20)24-16-2-1-11-27(13-16)17-7-8-17/h3-6,9-10,12,16-17H,1-2,7-8,11,13H2,(H,24,26). The molecule has 27 heavy (non-hydrogen) atoms. The van der Waals surface area contributed by atoms with Crippen LogP contribution in [0.15, 0.2) is 42.7 Å². The van der Waals surface area contributed by atoms with Crippen molar-refractivity contribution in [1.29, 1.82) is 0 Å². The van der Waals surface area contributed by atoms with Crippen molar-refractivity contribution in [2.75, 3.05) is 18.4 Å². The van der Waals surface area contributed by atoms with Crippen LogP contribution in [0.4, 0.5) is 5.82 Å². The van der Waals surface area contributed by atoms with Gasteiger partial charge in [0.15, 0.2) is 5.82 Å². The maximum Gasteiger partial charge on any atom is 0.158 e. The Morgan fingerprint density at radius 1 is 1.00 bits per heavy atom. The number of aromatic nitrogens is 3. The molecule has 0 spiro atoms. The van der Waals surface area contributed by atoms with E-state index >= 15 is 0 Å². The lowest BCUT2D eigenvalue weighted by Crippen LogP contribution is -2.43. The van der Waals surface area contributed by atoms with Gasteiger partial charge in [-0.2, -0.15) is 0 Å². The van der Waals surface area contributed by atoms with Crippen LogP contribution in [-0.4, -0.2) is 45.3 Å². The first-order valence-electron chi connectivity index (χ1n) is 9.65. The van der Waals surface area contributed by atoms with Gasteiger partial charge in [0.1, 0.15) is 5.69 Å². The van der Waals surface area contributed by atoms with Crippen molar-refractivity contribution in [3.05, 3.63) is 47.7 Å². The molecule has 1 unspecified atom stereocenters. The molecule has 2 aromatic heterocycles. The van der Waals surface area contributed by atoms with Gasteiger partial charge in [0.05, 0.1) is 0 Å². The lowest BCUT2D eigenvalue weighted by Gasteiger charge is -2.33. The number of nitrogens with zero attached hydrogens (tertiary/aromatic N) is 4. The van der Waals surface area contributed by atoms with Gasteiger partial charge >= 0.3 is 0 Å². The molecule has 3 aromatic rings. The fraction of sp³-hybridized carbons (Fsp3) is 0.381. The number of benzene rings is 1. The number of hydrogen-bond donors (Lipinski definition) is 1. The number of hydrogen-bond acceptors (Lipinski definition) is 5. The Hall–Kier alpha value is -2.24. The smallest absolute Gasteiger partial charge is 0.158 e. The van der Waals surface area contributed by atoms with Crippen molar-refractivity contribution >= 4 is 28.2 Å². The third-order valence-corrected chi connectivity index (χ3v) is 5.81. The average Bonchev–Trinajstić information content (AvgIpc) is 3.55. The second-order valence-corrected chi connectivity index (χ2v) is 7.97. The largest absolute Gasteiger partial charge is 0.364 e. The lowest BCUT2D eigenvalue weighted by molar-refractivity contribution is 0.207. The predicted octanol–water partition coefficient (Wildman–Crippen LogP) is 4.38. The summed E-state index contributed by atoms with van der Waals surface area (Å²) in [5, 5.41) is 15.5. The van der Waals surface area contributed by atoms with Crippen molar-refractivity contribution in [3.63, 3.8) is 0 Å². The van der Waals surface area contributed by atoms with Crippen molar-refractivity contribution in [1.82, 2.24) is 20.1 Å². The third kappa shape index (κ3) is 3.49. The van der Waals surface area contributed by atoms with E-state index < -0.39 is 0 Å². The summed E-state index contributed by atoms with van der Waals surface area (Å²) in [7, 11) is 0. The molecule has 1 saturated carbocycles. The zero-order chi connectivity index (χ0) is 18.2. The topological polar surface area (TPSA) is 53.9 Å². The van der Waals surface area contributed by atoms with Gasteiger partial charge in [0.25, 0.3) is 0 Å². The number of nitrogens with one attached hydrogen (secondary N) is 1. The minimum absolute atomic E-state index is 0.415. The lowest BCUT2D eigenvalue weighted by atomic mass is 10.0. The van der Waals surface area contributed by atoms with Crippen molar-refractivity contribution in [2.45, 2.75) is 37.8 Å². The SMILES string of the molecule is Clc1ccc(-c2nnc(NC3CCCN(C4CC4)C3)c3cnccc23)cc1. The summed E-state index contributed by atoms with van der Waals surface area (Å²) in [6.07, 6.45) is 8.81. The van der Waals surface area contributed by atoms with Crippen molar-refractivity contribution < 1.29 is 0 Å². The number of piperidine rings is 1. The molecule has 1 N–H and O–H groups in total. The van der Waals surface area contributed by atoms with Crippen LogP contribution in [0.2, 0.25) is 5.02 Å². The molecule has 1 saturated heterocycles. The Kier molecular flexibility index (Phi) is 4.42. The number of pyridine rings is 1. The van der Waals surface area contributed by atoms with E-state index in [-0.39, 0.29) is 0 Å². The van der Waals surface area contributed by atoms with E-state index in [1.54, 1.807) is 0 Å². The summed E-state index contributed by atoms with van der Waals surface area (Å²) in [5.41, 5.74) is 1.87. The van der Waals surface area contributed by atoms with E-state index in [0.29, 0.717) is 11.1 Å². The van der Waals surface area contributed by atoms with Gasteiger partial charge in [-0.15, -0.1) is 10.2 Å². The molecule has 5 nitrogen and oxygen atoms in total. The summed E-state index contributed by atoms with van der Waals surface area (Å²) in [4.78, 5) is 6.95. The Labute approximate surface area is 163 Å². The first-order valence-corrected chi connectivity index (χ1v) is 10.0. The van der Waals surface area contributed by atoms with Crippen LogP contribution < -0.4 is 5.32 Å². The van der Waals surface area contributed by atoms with Gasteiger partial charge in [-0.25, -0.2) is 0 Å². The minimum Gasteiger partial charge on any atom is -0.364 e. The number of rotatable bonds is 4. The summed E-state index contributed by atoms with van der Waals surface area (Å²) in [6.45, 7) is 2.32. The summed E-state index contributed by atoms with van der Waals surface area (Å²) < 4.78 is 0. The Morgan fingerprint density at radius 3 is 2.67 bits per heavy atom. The van der Waals surface area contributed by atoms with E-state index in [4.69, 9.17) is 11.6 Å². The van der Waals surface area contributed by atoms with Crippen LogP contribution in [0.25, 0.3) is 22.0 Å².